The van der Waals surface area contributed by atoms with Gasteiger partial charge in [0.15, 0.2) is 0 Å². The van der Waals surface area contributed by atoms with Crippen molar-refractivity contribution in [1.82, 2.24) is 0 Å². The summed E-state index contributed by atoms with van der Waals surface area (Å²) in [7, 11) is 0. The largest absolute Gasteiger partial charge is 0.381 e. The fourth-order valence-electron chi connectivity index (χ4n) is 8.22. The summed E-state index contributed by atoms with van der Waals surface area (Å²) in [5, 5.41) is 0. The molecule has 2 fully saturated rings. The zero-order valence-electron chi connectivity index (χ0n) is 29.5. The highest BCUT2D eigenvalue weighted by Gasteiger charge is 2.33. The molecule has 2 saturated carbocycles. The van der Waals surface area contributed by atoms with Gasteiger partial charge in [0, 0.05) is 26.4 Å². The molecule has 10 unspecified atom stereocenters. The SMILES string of the molecule is CCCC(COCC(CCC)CC(C)COC1CC(C)CCC1C(C)C)CC(C)COC1CC(C)CCC1C(C)C. The standard InChI is InChI=1S/C38H74O3/c1-11-13-33(19-31(9)23-40-37-21-29(7)15-17-35(37)27(3)4)25-39-26-34(14-12-2)20-32(10)24-41-38-22-30(8)16-18-36(38)28(5)6/h27-38H,11-26H2,1-10H3. The number of ether oxygens (including phenoxy) is 3. The molecule has 0 spiro atoms. The second kappa shape index (κ2) is 20.0. The lowest BCUT2D eigenvalue weighted by Crippen LogP contribution is -2.35. The van der Waals surface area contributed by atoms with E-state index in [1.54, 1.807) is 0 Å². The summed E-state index contributed by atoms with van der Waals surface area (Å²) in [5.41, 5.74) is 0. The Labute approximate surface area is 258 Å². The quantitative estimate of drug-likeness (QED) is 0.144. The van der Waals surface area contributed by atoms with Crippen molar-refractivity contribution in [3.8, 4) is 0 Å². The van der Waals surface area contributed by atoms with Gasteiger partial charge in [0.2, 0.25) is 0 Å². The van der Waals surface area contributed by atoms with Gasteiger partial charge < -0.3 is 14.2 Å². The van der Waals surface area contributed by atoms with Gasteiger partial charge in [-0.2, -0.15) is 0 Å². The minimum Gasteiger partial charge on any atom is -0.381 e. The van der Waals surface area contributed by atoms with E-state index in [4.69, 9.17) is 14.2 Å². The first-order valence-electron chi connectivity index (χ1n) is 18.3. The molecule has 0 aliphatic heterocycles. The number of hydrogen-bond donors (Lipinski definition) is 0. The minimum absolute atomic E-state index is 0.459. The number of hydrogen-bond acceptors (Lipinski definition) is 3. The van der Waals surface area contributed by atoms with Crippen LogP contribution in [0.25, 0.3) is 0 Å². The zero-order chi connectivity index (χ0) is 30.4. The van der Waals surface area contributed by atoms with Crippen LogP contribution < -0.4 is 0 Å². The zero-order valence-corrected chi connectivity index (χ0v) is 29.5. The Morgan fingerprint density at radius 2 is 0.951 bits per heavy atom. The highest BCUT2D eigenvalue weighted by Crippen LogP contribution is 2.37. The van der Waals surface area contributed by atoms with E-state index < -0.39 is 0 Å². The summed E-state index contributed by atoms with van der Waals surface area (Å²) < 4.78 is 19.7. The molecular formula is C38H74O3. The average Bonchev–Trinajstić information content (AvgIpc) is 2.90. The fraction of sp³-hybridized carbons (Fsp3) is 1.00. The van der Waals surface area contributed by atoms with E-state index in [9.17, 15) is 0 Å². The highest BCUT2D eigenvalue weighted by atomic mass is 16.5. The third kappa shape index (κ3) is 14.0. The van der Waals surface area contributed by atoms with Gasteiger partial charge >= 0.3 is 0 Å². The lowest BCUT2D eigenvalue weighted by molar-refractivity contribution is -0.0551. The number of rotatable bonds is 20. The molecule has 0 amide bonds. The van der Waals surface area contributed by atoms with Gasteiger partial charge in [0.1, 0.15) is 0 Å². The van der Waals surface area contributed by atoms with Gasteiger partial charge in [0.25, 0.3) is 0 Å². The molecule has 10 atom stereocenters. The van der Waals surface area contributed by atoms with Crippen molar-refractivity contribution >= 4 is 0 Å². The van der Waals surface area contributed by atoms with Crippen molar-refractivity contribution in [2.75, 3.05) is 26.4 Å². The predicted octanol–water partition coefficient (Wildman–Crippen LogP) is 10.8. The molecule has 41 heavy (non-hydrogen) atoms. The van der Waals surface area contributed by atoms with Crippen molar-refractivity contribution < 1.29 is 14.2 Å². The third-order valence-corrected chi connectivity index (χ3v) is 10.7. The van der Waals surface area contributed by atoms with Crippen molar-refractivity contribution in [3.63, 3.8) is 0 Å². The van der Waals surface area contributed by atoms with Crippen molar-refractivity contribution in [1.29, 1.82) is 0 Å². The fourth-order valence-corrected chi connectivity index (χ4v) is 8.22. The van der Waals surface area contributed by atoms with Gasteiger partial charge in [-0.15, -0.1) is 0 Å². The molecule has 2 rings (SSSR count). The van der Waals surface area contributed by atoms with Crippen molar-refractivity contribution in [2.45, 2.75) is 158 Å². The molecule has 0 aromatic carbocycles. The topological polar surface area (TPSA) is 27.7 Å². The Bertz CT molecular complexity index is 593. The Balaban J connectivity index is 1.76. The molecule has 3 nitrogen and oxygen atoms in total. The maximum absolute atomic E-state index is 6.63. The lowest BCUT2D eigenvalue weighted by Gasteiger charge is -2.38. The second-order valence-corrected chi connectivity index (χ2v) is 15.9. The van der Waals surface area contributed by atoms with Gasteiger partial charge in [-0.3, -0.25) is 0 Å². The van der Waals surface area contributed by atoms with Crippen LogP contribution in [0.3, 0.4) is 0 Å². The highest BCUT2D eigenvalue weighted by molar-refractivity contribution is 4.83. The lowest BCUT2D eigenvalue weighted by atomic mass is 9.75. The molecule has 2 aliphatic rings. The van der Waals surface area contributed by atoms with Crippen LogP contribution in [0.4, 0.5) is 0 Å². The van der Waals surface area contributed by atoms with E-state index in [1.807, 2.05) is 0 Å². The van der Waals surface area contributed by atoms with Gasteiger partial charge in [-0.05, 0) is 111 Å². The Morgan fingerprint density at radius 1 is 0.561 bits per heavy atom. The molecule has 0 aromatic rings. The predicted molar refractivity (Wildman–Crippen MR) is 177 cm³/mol. The van der Waals surface area contributed by atoms with E-state index >= 15 is 0 Å². The van der Waals surface area contributed by atoms with Crippen LogP contribution in [-0.2, 0) is 14.2 Å². The normalized spacial score (nSPS) is 30.4. The molecule has 0 N–H and O–H groups in total. The van der Waals surface area contributed by atoms with Crippen LogP contribution in [0.5, 0.6) is 0 Å². The maximum atomic E-state index is 6.63. The Hall–Kier alpha value is -0.120. The second-order valence-electron chi connectivity index (χ2n) is 15.9. The molecule has 0 radical (unpaired) electrons. The molecular weight excluding hydrogens is 504 g/mol. The molecule has 244 valence electrons. The van der Waals surface area contributed by atoms with Crippen molar-refractivity contribution in [3.05, 3.63) is 0 Å². The molecule has 0 bridgehead atoms. The van der Waals surface area contributed by atoms with Crippen LogP contribution in [-0.4, -0.2) is 38.6 Å². The summed E-state index contributed by atoms with van der Waals surface area (Å²) in [6.07, 6.45) is 16.3. The first-order valence-corrected chi connectivity index (χ1v) is 18.3. The Kier molecular flexibility index (Phi) is 18.1. The summed E-state index contributed by atoms with van der Waals surface area (Å²) in [6, 6.07) is 0. The summed E-state index contributed by atoms with van der Waals surface area (Å²) in [6.45, 7) is 27.4. The third-order valence-electron chi connectivity index (χ3n) is 10.7. The van der Waals surface area contributed by atoms with Crippen LogP contribution in [0, 0.1) is 59.2 Å². The summed E-state index contributed by atoms with van der Waals surface area (Å²) >= 11 is 0. The van der Waals surface area contributed by atoms with Gasteiger partial charge in [-0.25, -0.2) is 0 Å². The monoisotopic (exact) mass is 579 g/mol. The van der Waals surface area contributed by atoms with Crippen LogP contribution in [0.15, 0.2) is 0 Å². The molecule has 2 aliphatic carbocycles. The van der Waals surface area contributed by atoms with Crippen molar-refractivity contribution in [2.24, 2.45) is 59.2 Å². The Morgan fingerprint density at radius 3 is 1.29 bits per heavy atom. The molecule has 0 saturated heterocycles. The van der Waals surface area contributed by atoms with E-state index in [1.165, 1.54) is 77.0 Å². The van der Waals surface area contributed by atoms with E-state index in [2.05, 4.69) is 69.2 Å². The smallest absolute Gasteiger partial charge is 0.0608 e. The van der Waals surface area contributed by atoms with E-state index in [-0.39, 0.29) is 0 Å². The van der Waals surface area contributed by atoms with Crippen LogP contribution in [0.1, 0.15) is 146 Å². The summed E-state index contributed by atoms with van der Waals surface area (Å²) in [5.74, 6) is 7.03. The maximum Gasteiger partial charge on any atom is 0.0608 e. The minimum atomic E-state index is 0.459. The first kappa shape index (κ1) is 37.1. The van der Waals surface area contributed by atoms with Gasteiger partial charge in [0.05, 0.1) is 12.2 Å². The van der Waals surface area contributed by atoms with E-state index in [0.717, 1.165) is 61.9 Å². The van der Waals surface area contributed by atoms with Crippen LogP contribution in [0.2, 0.25) is 0 Å². The first-order chi connectivity index (χ1) is 19.5. The molecule has 3 heteroatoms. The average molecular weight is 579 g/mol. The molecule has 0 heterocycles. The van der Waals surface area contributed by atoms with Crippen LogP contribution >= 0.6 is 0 Å². The molecule has 0 aromatic heterocycles. The van der Waals surface area contributed by atoms with Gasteiger partial charge in [-0.1, -0.05) is 94.9 Å². The summed E-state index contributed by atoms with van der Waals surface area (Å²) in [4.78, 5) is 0. The van der Waals surface area contributed by atoms with E-state index in [0.29, 0.717) is 35.9 Å².